The highest BCUT2D eigenvalue weighted by molar-refractivity contribution is 5.48. The monoisotopic (exact) mass is 172 g/mol. The largest absolute Gasteiger partial charge is 0.303 e. The number of aldehydes is 1. The van der Waals surface area contributed by atoms with E-state index in [4.69, 9.17) is 0 Å². The van der Waals surface area contributed by atoms with Gasteiger partial charge in [0.25, 0.3) is 0 Å². The Balaban J connectivity index is 0. The van der Waals surface area contributed by atoms with E-state index in [2.05, 4.69) is 6.92 Å². The van der Waals surface area contributed by atoms with Gasteiger partial charge in [0.15, 0.2) is 0 Å². The van der Waals surface area contributed by atoms with Crippen LogP contribution < -0.4 is 0 Å². The lowest BCUT2D eigenvalue weighted by Crippen LogP contribution is -1.79. The van der Waals surface area contributed by atoms with Crippen LogP contribution in [0.5, 0.6) is 0 Å². The van der Waals surface area contributed by atoms with Crippen molar-refractivity contribution < 1.29 is 4.79 Å². The van der Waals surface area contributed by atoms with Gasteiger partial charge < -0.3 is 4.79 Å². The molecule has 0 saturated heterocycles. The predicted molar refractivity (Wildman–Crippen MR) is 55.4 cm³/mol. The lowest BCUT2D eigenvalue weighted by atomic mass is 10.1. The fourth-order valence-corrected chi connectivity index (χ4v) is 1.01. The molecule has 0 saturated carbocycles. The fraction of sp³-hybridized carbons (Fsp3) is 0.909. The van der Waals surface area contributed by atoms with Crippen molar-refractivity contribution in [2.75, 3.05) is 0 Å². The normalized spacial score (nSPS) is 8.58. The van der Waals surface area contributed by atoms with Crippen molar-refractivity contribution in [1.82, 2.24) is 0 Å². The van der Waals surface area contributed by atoms with Crippen LogP contribution in [0, 0.1) is 0 Å². The van der Waals surface area contributed by atoms with Gasteiger partial charge in [-0.25, -0.2) is 0 Å². The molecule has 0 radical (unpaired) electrons. The molecule has 0 aromatic rings. The molecule has 0 aliphatic rings. The molecule has 0 amide bonds. The number of carbonyl (C=O) groups is 1. The summed E-state index contributed by atoms with van der Waals surface area (Å²) >= 11 is 0. The molecule has 0 atom stereocenters. The SMILES string of the molecule is CC.CCCCCCCCC=O. The summed E-state index contributed by atoms with van der Waals surface area (Å²) in [4.78, 5) is 9.89. The summed E-state index contributed by atoms with van der Waals surface area (Å²) in [6, 6.07) is 0. The van der Waals surface area contributed by atoms with Gasteiger partial charge in [-0.15, -0.1) is 0 Å². The molecule has 0 N–H and O–H groups in total. The molecule has 0 aromatic heterocycles. The van der Waals surface area contributed by atoms with Gasteiger partial charge in [0, 0.05) is 6.42 Å². The van der Waals surface area contributed by atoms with Crippen molar-refractivity contribution in [2.24, 2.45) is 0 Å². The standard InChI is InChI=1S/C9H18O.C2H6/c1-2-3-4-5-6-7-8-9-10;1-2/h9H,2-8H2,1H3;1-2H3. The maximum absolute atomic E-state index is 9.89. The van der Waals surface area contributed by atoms with Crippen molar-refractivity contribution in [2.45, 2.75) is 65.7 Å². The average molecular weight is 172 g/mol. The molecule has 0 bridgehead atoms. The van der Waals surface area contributed by atoms with Crippen LogP contribution in [0.4, 0.5) is 0 Å². The minimum atomic E-state index is 0.756. The van der Waals surface area contributed by atoms with Crippen molar-refractivity contribution in [3.05, 3.63) is 0 Å². The van der Waals surface area contributed by atoms with Gasteiger partial charge in [0.05, 0.1) is 0 Å². The number of carbonyl (C=O) groups excluding carboxylic acids is 1. The van der Waals surface area contributed by atoms with Crippen LogP contribution in [-0.2, 0) is 4.79 Å². The van der Waals surface area contributed by atoms with E-state index in [1.807, 2.05) is 13.8 Å². The van der Waals surface area contributed by atoms with E-state index in [0.717, 1.165) is 19.1 Å². The molecule has 0 aliphatic carbocycles. The van der Waals surface area contributed by atoms with Gasteiger partial charge in [-0.05, 0) is 6.42 Å². The third kappa shape index (κ3) is 16.3. The van der Waals surface area contributed by atoms with Gasteiger partial charge in [-0.2, -0.15) is 0 Å². The van der Waals surface area contributed by atoms with E-state index < -0.39 is 0 Å². The van der Waals surface area contributed by atoms with Gasteiger partial charge in [0.2, 0.25) is 0 Å². The molecule has 0 aliphatic heterocycles. The summed E-state index contributed by atoms with van der Waals surface area (Å²) in [5, 5.41) is 0. The second-order valence-electron chi connectivity index (χ2n) is 2.72. The molecule has 0 aromatic carbocycles. The maximum atomic E-state index is 9.89. The lowest BCUT2D eigenvalue weighted by molar-refractivity contribution is -0.107. The average Bonchev–Trinajstić information content (AvgIpc) is 2.15. The smallest absolute Gasteiger partial charge is 0.119 e. The summed E-state index contributed by atoms with van der Waals surface area (Å²) in [6.07, 6.45) is 9.39. The number of unbranched alkanes of at least 4 members (excludes halogenated alkanes) is 6. The predicted octanol–water partition coefficient (Wildman–Crippen LogP) is 3.96. The highest BCUT2D eigenvalue weighted by Gasteiger charge is 1.87. The summed E-state index contributed by atoms with van der Waals surface area (Å²) in [5.41, 5.74) is 0. The summed E-state index contributed by atoms with van der Waals surface area (Å²) < 4.78 is 0. The molecule has 0 heterocycles. The molecular formula is C11H24O. The van der Waals surface area contributed by atoms with Gasteiger partial charge in [-0.1, -0.05) is 52.9 Å². The van der Waals surface area contributed by atoms with Crippen molar-refractivity contribution >= 4 is 6.29 Å². The quantitative estimate of drug-likeness (QED) is 0.419. The molecule has 0 rings (SSSR count). The van der Waals surface area contributed by atoms with Crippen LogP contribution in [0.25, 0.3) is 0 Å². The van der Waals surface area contributed by atoms with Crippen molar-refractivity contribution in [1.29, 1.82) is 0 Å². The Morgan fingerprint density at radius 2 is 1.42 bits per heavy atom. The second kappa shape index (κ2) is 17.0. The molecule has 1 heteroatoms. The molecule has 12 heavy (non-hydrogen) atoms. The van der Waals surface area contributed by atoms with E-state index >= 15 is 0 Å². The molecule has 1 nitrogen and oxygen atoms in total. The first-order chi connectivity index (χ1) is 5.91. The van der Waals surface area contributed by atoms with Crippen LogP contribution in [0.2, 0.25) is 0 Å². The Morgan fingerprint density at radius 1 is 0.917 bits per heavy atom. The molecule has 0 fully saturated rings. The maximum Gasteiger partial charge on any atom is 0.119 e. The van der Waals surface area contributed by atoms with Crippen LogP contribution in [0.15, 0.2) is 0 Å². The van der Waals surface area contributed by atoms with E-state index in [1.54, 1.807) is 0 Å². The first-order valence-corrected chi connectivity index (χ1v) is 5.35. The summed E-state index contributed by atoms with van der Waals surface area (Å²) in [5.74, 6) is 0. The highest BCUT2D eigenvalue weighted by Crippen LogP contribution is 2.05. The van der Waals surface area contributed by atoms with Crippen molar-refractivity contribution in [3.63, 3.8) is 0 Å². The zero-order valence-electron chi connectivity index (χ0n) is 8.94. The van der Waals surface area contributed by atoms with E-state index in [-0.39, 0.29) is 0 Å². The molecule has 0 unspecified atom stereocenters. The van der Waals surface area contributed by atoms with E-state index in [9.17, 15) is 4.79 Å². The topological polar surface area (TPSA) is 17.1 Å². The lowest BCUT2D eigenvalue weighted by Gasteiger charge is -1.95. The zero-order chi connectivity index (χ0) is 9.66. The van der Waals surface area contributed by atoms with E-state index in [0.29, 0.717) is 0 Å². The third-order valence-electron chi connectivity index (χ3n) is 1.68. The van der Waals surface area contributed by atoms with Gasteiger partial charge in [0.1, 0.15) is 6.29 Å². The summed E-state index contributed by atoms with van der Waals surface area (Å²) in [6.45, 7) is 6.21. The van der Waals surface area contributed by atoms with Crippen molar-refractivity contribution in [3.8, 4) is 0 Å². The fourth-order valence-electron chi connectivity index (χ4n) is 1.01. The van der Waals surface area contributed by atoms with Crippen LogP contribution in [-0.4, -0.2) is 6.29 Å². The van der Waals surface area contributed by atoms with E-state index in [1.165, 1.54) is 32.1 Å². The zero-order valence-corrected chi connectivity index (χ0v) is 8.94. The van der Waals surface area contributed by atoms with Gasteiger partial charge in [-0.3, -0.25) is 0 Å². The van der Waals surface area contributed by atoms with Crippen LogP contribution >= 0.6 is 0 Å². The first kappa shape index (κ1) is 14.2. The molecule has 74 valence electrons. The first-order valence-electron chi connectivity index (χ1n) is 5.35. The van der Waals surface area contributed by atoms with Crippen LogP contribution in [0.3, 0.4) is 0 Å². The van der Waals surface area contributed by atoms with Crippen LogP contribution in [0.1, 0.15) is 65.7 Å². The Labute approximate surface area is 77.6 Å². The minimum absolute atomic E-state index is 0.756. The molecule has 0 spiro atoms. The second-order valence-corrected chi connectivity index (χ2v) is 2.72. The summed E-state index contributed by atoms with van der Waals surface area (Å²) in [7, 11) is 0. The Morgan fingerprint density at radius 3 is 1.92 bits per heavy atom. The highest BCUT2D eigenvalue weighted by atomic mass is 16.1. The van der Waals surface area contributed by atoms with Gasteiger partial charge >= 0.3 is 0 Å². The number of hydrogen-bond donors (Lipinski definition) is 0. The Bertz CT molecular complexity index is 69.4. The number of hydrogen-bond acceptors (Lipinski definition) is 1. The molecular weight excluding hydrogens is 148 g/mol. The minimum Gasteiger partial charge on any atom is -0.303 e. The number of rotatable bonds is 7. The Hall–Kier alpha value is -0.330. The Kier molecular flexibility index (Phi) is 20.1. The third-order valence-corrected chi connectivity index (χ3v) is 1.68.